The lowest BCUT2D eigenvalue weighted by Gasteiger charge is -2.34. The Bertz CT molecular complexity index is 867. The molecule has 2 fully saturated rings. The van der Waals surface area contributed by atoms with E-state index >= 15 is 0 Å². The van der Waals surface area contributed by atoms with Crippen molar-refractivity contribution in [1.82, 2.24) is 19.2 Å². The molecule has 0 N–H and O–H groups in total. The number of hydrogen-bond donors (Lipinski definition) is 0. The largest absolute Gasteiger partial charge is 0.337 e. The zero-order valence-electron chi connectivity index (χ0n) is 16.9. The Balaban J connectivity index is 1.68. The number of amides is 2. The monoisotopic (exact) mass is 382 g/mol. The second-order valence-corrected chi connectivity index (χ2v) is 8.27. The second kappa shape index (κ2) is 7.94. The Hall–Kier alpha value is -2.37. The molecule has 2 amide bonds. The first-order chi connectivity index (χ1) is 13.6. The van der Waals surface area contributed by atoms with Gasteiger partial charge in [0, 0.05) is 31.9 Å². The van der Waals surface area contributed by atoms with Crippen molar-refractivity contribution < 1.29 is 9.59 Å². The van der Waals surface area contributed by atoms with E-state index in [1.165, 1.54) is 6.42 Å². The van der Waals surface area contributed by atoms with Gasteiger partial charge in [0.2, 0.25) is 5.82 Å². The van der Waals surface area contributed by atoms with Crippen molar-refractivity contribution in [3.63, 3.8) is 0 Å². The molecule has 0 aromatic carbocycles. The van der Waals surface area contributed by atoms with Gasteiger partial charge in [0.15, 0.2) is 5.69 Å². The van der Waals surface area contributed by atoms with E-state index in [4.69, 9.17) is 0 Å². The third-order valence-electron chi connectivity index (χ3n) is 6.37. The Morgan fingerprint density at radius 2 is 1.86 bits per heavy atom. The molecule has 6 heteroatoms. The van der Waals surface area contributed by atoms with Crippen molar-refractivity contribution in [2.24, 2.45) is 5.92 Å². The Labute approximate surface area is 166 Å². The van der Waals surface area contributed by atoms with Crippen LogP contribution in [0.3, 0.4) is 0 Å². The average molecular weight is 383 g/mol. The number of imidazole rings is 1. The molecule has 0 bridgehead atoms. The minimum atomic E-state index is -0.0564. The van der Waals surface area contributed by atoms with Crippen molar-refractivity contribution in [3.05, 3.63) is 35.9 Å². The SMILES string of the molecule is CCC1CCCCN1C(=O)c1nc(C(=O)N2CCC(C)CC2)c2ccccn12. The molecule has 1 atom stereocenters. The number of rotatable bonds is 3. The van der Waals surface area contributed by atoms with Crippen molar-refractivity contribution in [2.45, 2.75) is 58.4 Å². The fourth-order valence-corrected chi connectivity index (χ4v) is 4.53. The number of carbonyl (C=O) groups excluding carboxylic acids is 2. The molecule has 2 aromatic rings. The lowest BCUT2D eigenvalue weighted by Crippen LogP contribution is -2.44. The molecule has 2 saturated heterocycles. The van der Waals surface area contributed by atoms with Gasteiger partial charge < -0.3 is 9.80 Å². The minimum absolute atomic E-state index is 0.0552. The van der Waals surface area contributed by atoms with Crippen molar-refractivity contribution in [1.29, 1.82) is 0 Å². The summed E-state index contributed by atoms with van der Waals surface area (Å²) in [6.45, 7) is 6.66. The molecule has 6 nitrogen and oxygen atoms in total. The number of likely N-dealkylation sites (tertiary alicyclic amines) is 2. The molecule has 0 aliphatic carbocycles. The molecule has 4 heterocycles. The highest BCUT2D eigenvalue weighted by atomic mass is 16.2. The van der Waals surface area contributed by atoms with Gasteiger partial charge >= 0.3 is 0 Å². The van der Waals surface area contributed by atoms with Gasteiger partial charge in [-0.2, -0.15) is 0 Å². The van der Waals surface area contributed by atoms with Gasteiger partial charge in [-0.05, 0) is 56.6 Å². The van der Waals surface area contributed by atoms with E-state index in [9.17, 15) is 9.59 Å². The van der Waals surface area contributed by atoms with Crippen LogP contribution in [0.4, 0.5) is 0 Å². The van der Waals surface area contributed by atoms with Gasteiger partial charge in [-0.25, -0.2) is 4.98 Å². The quantitative estimate of drug-likeness (QED) is 0.815. The topological polar surface area (TPSA) is 57.9 Å². The molecule has 2 aliphatic heterocycles. The third kappa shape index (κ3) is 3.40. The molecule has 28 heavy (non-hydrogen) atoms. The van der Waals surface area contributed by atoms with Crippen LogP contribution in [0, 0.1) is 5.92 Å². The van der Waals surface area contributed by atoms with E-state index in [1.807, 2.05) is 34.2 Å². The maximum Gasteiger partial charge on any atom is 0.290 e. The zero-order chi connectivity index (χ0) is 19.7. The number of fused-ring (bicyclic) bond motifs is 1. The van der Waals surface area contributed by atoms with E-state index in [0.717, 1.165) is 57.3 Å². The molecule has 0 radical (unpaired) electrons. The van der Waals surface area contributed by atoms with Gasteiger partial charge in [-0.15, -0.1) is 0 Å². The summed E-state index contributed by atoms with van der Waals surface area (Å²) in [5.74, 6) is 0.911. The van der Waals surface area contributed by atoms with Crippen LogP contribution in [0.25, 0.3) is 5.52 Å². The third-order valence-corrected chi connectivity index (χ3v) is 6.37. The van der Waals surface area contributed by atoms with Crippen LogP contribution in [-0.2, 0) is 0 Å². The fraction of sp³-hybridized carbons (Fsp3) is 0.591. The first kappa shape index (κ1) is 19.0. The molecule has 0 saturated carbocycles. The van der Waals surface area contributed by atoms with Gasteiger partial charge in [0.05, 0.1) is 5.52 Å². The molecule has 1 unspecified atom stereocenters. The summed E-state index contributed by atoms with van der Waals surface area (Å²) in [6, 6.07) is 5.93. The Morgan fingerprint density at radius 3 is 2.61 bits per heavy atom. The molecule has 2 aliphatic rings. The number of pyridine rings is 1. The van der Waals surface area contributed by atoms with Crippen molar-refractivity contribution in [2.75, 3.05) is 19.6 Å². The first-order valence-corrected chi connectivity index (χ1v) is 10.7. The van der Waals surface area contributed by atoms with E-state index in [0.29, 0.717) is 17.4 Å². The van der Waals surface area contributed by atoms with Crippen LogP contribution in [0.1, 0.15) is 73.5 Å². The average Bonchev–Trinajstić information content (AvgIpc) is 3.13. The molecule has 4 rings (SSSR count). The molecule has 0 spiro atoms. The molecule has 2 aromatic heterocycles. The van der Waals surface area contributed by atoms with E-state index in [2.05, 4.69) is 18.8 Å². The van der Waals surface area contributed by atoms with E-state index in [1.54, 1.807) is 4.40 Å². The Morgan fingerprint density at radius 1 is 1.07 bits per heavy atom. The van der Waals surface area contributed by atoms with Gasteiger partial charge in [-0.3, -0.25) is 14.0 Å². The first-order valence-electron chi connectivity index (χ1n) is 10.7. The van der Waals surface area contributed by atoms with Crippen molar-refractivity contribution in [3.8, 4) is 0 Å². The maximum atomic E-state index is 13.4. The summed E-state index contributed by atoms with van der Waals surface area (Å²) in [5, 5.41) is 0. The number of aromatic nitrogens is 2. The molecular formula is C22H30N4O2. The van der Waals surface area contributed by atoms with E-state index < -0.39 is 0 Å². The molecule has 150 valence electrons. The highest BCUT2D eigenvalue weighted by molar-refractivity contribution is 6.02. The van der Waals surface area contributed by atoms with Crippen LogP contribution in [0.5, 0.6) is 0 Å². The number of nitrogens with zero attached hydrogens (tertiary/aromatic N) is 4. The predicted molar refractivity (Wildman–Crippen MR) is 108 cm³/mol. The summed E-state index contributed by atoms with van der Waals surface area (Å²) < 4.78 is 1.80. The summed E-state index contributed by atoms with van der Waals surface area (Å²) >= 11 is 0. The Kier molecular flexibility index (Phi) is 5.38. The fourth-order valence-electron chi connectivity index (χ4n) is 4.53. The number of hydrogen-bond acceptors (Lipinski definition) is 3. The summed E-state index contributed by atoms with van der Waals surface area (Å²) in [4.78, 5) is 35.0. The standard InChI is InChI=1S/C22H30N4O2/c1-3-17-8-4-6-12-25(17)22(28)20-23-19(18-9-5-7-13-26(18)20)21(27)24-14-10-16(2)11-15-24/h5,7,9,13,16-17H,3-4,6,8,10-12,14-15H2,1-2H3. The van der Waals surface area contributed by atoms with Gasteiger partial charge in [0.1, 0.15) is 0 Å². The highest BCUT2D eigenvalue weighted by Gasteiger charge is 2.32. The van der Waals surface area contributed by atoms with Crippen LogP contribution < -0.4 is 0 Å². The molecular weight excluding hydrogens is 352 g/mol. The van der Waals surface area contributed by atoms with Gasteiger partial charge in [-0.1, -0.05) is 19.9 Å². The summed E-state index contributed by atoms with van der Waals surface area (Å²) in [5.41, 5.74) is 1.13. The zero-order valence-corrected chi connectivity index (χ0v) is 16.9. The minimum Gasteiger partial charge on any atom is -0.337 e. The second-order valence-electron chi connectivity index (χ2n) is 8.27. The van der Waals surface area contributed by atoms with Crippen LogP contribution in [0.15, 0.2) is 24.4 Å². The van der Waals surface area contributed by atoms with Crippen LogP contribution in [0.2, 0.25) is 0 Å². The summed E-state index contributed by atoms with van der Waals surface area (Å²) in [6.07, 6.45) is 8.08. The lowest BCUT2D eigenvalue weighted by molar-refractivity contribution is 0.0594. The van der Waals surface area contributed by atoms with Crippen LogP contribution in [-0.4, -0.2) is 56.7 Å². The summed E-state index contributed by atoms with van der Waals surface area (Å²) in [7, 11) is 0. The highest BCUT2D eigenvalue weighted by Crippen LogP contribution is 2.24. The normalized spacial score (nSPS) is 21.3. The number of piperidine rings is 2. The van der Waals surface area contributed by atoms with Crippen molar-refractivity contribution >= 4 is 17.3 Å². The van der Waals surface area contributed by atoms with E-state index in [-0.39, 0.29) is 17.9 Å². The number of carbonyl (C=O) groups is 2. The lowest BCUT2D eigenvalue weighted by atomic mass is 9.99. The van der Waals surface area contributed by atoms with Gasteiger partial charge in [0.25, 0.3) is 11.8 Å². The van der Waals surface area contributed by atoms with Crippen LogP contribution >= 0.6 is 0 Å². The maximum absolute atomic E-state index is 13.4. The smallest absolute Gasteiger partial charge is 0.290 e. The predicted octanol–water partition coefficient (Wildman–Crippen LogP) is 3.61.